The van der Waals surface area contributed by atoms with Crippen molar-refractivity contribution < 1.29 is 4.74 Å². The third-order valence-electron chi connectivity index (χ3n) is 4.59. The Hall–Kier alpha value is -0.120. The molecular weight excluding hydrogens is 224 g/mol. The molecule has 1 unspecified atom stereocenters. The first-order valence-corrected chi connectivity index (χ1v) is 7.92. The molecule has 2 saturated heterocycles. The molecule has 106 valence electrons. The average molecular weight is 254 g/mol. The van der Waals surface area contributed by atoms with Crippen molar-refractivity contribution in [2.24, 2.45) is 5.92 Å². The maximum Gasteiger partial charge on any atom is 0.0468 e. The van der Waals surface area contributed by atoms with Crippen LogP contribution in [-0.2, 0) is 4.74 Å². The van der Waals surface area contributed by atoms with E-state index < -0.39 is 0 Å². The number of nitrogens with zero attached hydrogens (tertiary/aromatic N) is 1. The fourth-order valence-electron chi connectivity index (χ4n) is 3.28. The molecule has 0 spiro atoms. The van der Waals surface area contributed by atoms with Gasteiger partial charge in [0.25, 0.3) is 0 Å². The topological polar surface area (TPSA) is 24.5 Å². The predicted molar refractivity (Wildman–Crippen MR) is 75.9 cm³/mol. The van der Waals surface area contributed by atoms with Gasteiger partial charge in [0.2, 0.25) is 0 Å². The molecule has 0 aliphatic carbocycles. The SMILES string of the molecule is CCC1CNCCN1CCCCC1CCOCC1. The maximum atomic E-state index is 5.41. The van der Waals surface area contributed by atoms with E-state index in [1.165, 1.54) is 64.7 Å². The first-order valence-electron chi connectivity index (χ1n) is 7.92. The standard InChI is InChI=1S/C15H30N2O/c1-2-15-13-16-8-10-17(15)9-4-3-5-14-6-11-18-12-7-14/h14-16H,2-13H2,1H3. The normalized spacial score (nSPS) is 27.5. The zero-order chi connectivity index (χ0) is 12.6. The van der Waals surface area contributed by atoms with Gasteiger partial charge in [0.1, 0.15) is 0 Å². The molecule has 0 aromatic carbocycles. The van der Waals surface area contributed by atoms with E-state index in [2.05, 4.69) is 17.1 Å². The van der Waals surface area contributed by atoms with Gasteiger partial charge in [0.15, 0.2) is 0 Å². The number of hydrogen-bond acceptors (Lipinski definition) is 3. The molecule has 0 radical (unpaired) electrons. The highest BCUT2D eigenvalue weighted by Gasteiger charge is 2.20. The molecule has 0 aromatic rings. The summed E-state index contributed by atoms with van der Waals surface area (Å²) >= 11 is 0. The van der Waals surface area contributed by atoms with Crippen LogP contribution in [0.25, 0.3) is 0 Å². The molecule has 2 aliphatic rings. The van der Waals surface area contributed by atoms with Gasteiger partial charge in [0.05, 0.1) is 0 Å². The highest BCUT2D eigenvalue weighted by molar-refractivity contribution is 4.78. The lowest BCUT2D eigenvalue weighted by Gasteiger charge is -2.35. The molecule has 2 heterocycles. The summed E-state index contributed by atoms with van der Waals surface area (Å²) < 4.78 is 5.41. The van der Waals surface area contributed by atoms with Crippen LogP contribution >= 0.6 is 0 Å². The van der Waals surface area contributed by atoms with E-state index in [0.717, 1.165) is 25.2 Å². The molecule has 2 aliphatic heterocycles. The molecule has 0 aromatic heterocycles. The molecule has 0 saturated carbocycles. The Kier molecular flexibility index (Phi) is 6.46. The summed E-state index contributed by atoms with van der Waals surface area (Å²) in [5, 5.41) is 3.50. The fourth-order valence-corrected chi connectivity index (χ4v) is 3.28. The fraction of sp³-hybridized carbons (Fsp3) is 1.00. The van der Waals surface area contributed by atoms with Gasteiger partial charge in [-0.05, 0) is 38.1 Å². The number of unbranched alkanes of at least 4 members (excludes halogenated alkanes) is 1. The zero-order valence-corrected chi connectivity index (χ0v) is 12.0. The third-order valence-corrected chi connectivity index (χ3v) is 4.59. The second-order valence-electron chi connectivity index (χ2n) is 5.85. The largest absolute Gasteiger partial charge is 0.381 e. The van der Waals surface area contributed by atoms with Crippen LogP contribution in [0.5, 0.6) is 0 Å². The van der Waals surface area contributed by atoms with Crippen molar-refractivity contribution in [3.63, 3.8) is 0 Å². The van der Waals surface area contributed by atoms with Crippen LogP contribution < -0.4 is 5.32 Å². The Morgan fingerprint density at radius 3 is 2.83 bits per heavy atom. The number of nitrogens with one attached hydrogen (secondary N) is 1. The van der Waals surface area contributed by atoms with Crippen LogP contribution in [0.2, 0.25) is 0 Å². The highest BCUT2D eigenvalue weighted by Crippen LogP contribution is 2.21. The van der Waals surface area contributed by atoms with Gasteiger partial charge in [-0.15, -0.1) is 0 Å². The number of rotatable bonds is 6. The van der Waals surface area contributed by atoms with Crippen molar-refractivity contribution in [2.45, 2.75) is 51.5 Å². The van der Waals surface area contributed by atoms with E-state index in [-0.39, 0.29) is 0 Å². The minimum atomic E-state index is 0.779. The Bertz CT molecular complexity index is 217. The van der Waals surface area contributed by atoms with E-state index in [9.17, 15) is 0 Å². The van der Waals surface area contributed by atoms with Crippen molar-refractivity contribution in [1.82, 2.24) is 10.2 Å². The summed E-state index contributed by atoms with van der Waals surface area (Å²) in [6.45, 7) is 9.24. The lowest BCUT2D eigenvalue weighted by molar-refractivity contribution is 0.0625. The molecule has 1 N–H and O–H groups in total. The Labute approximate surface area is 112 Å². The van der Waals surface area contributed by atoms with Gasteiger partial charge in [0, 0.05) is 38.9 Å². The Balaban J connectivity index is 1.56. The summed E-state index contributed by atoms with van der Waals surface area (Å²) in [6, 6.07) is 0.779. The van der Waals surface area contributed by atoms with Crippen molar-refractivity contribution in [1.29, 1.82) is 0 Å². The lowest BCUT2D eigenvalue weighted by Crippen LogP contribution is -2.51. The van der Waals surface area contributed by atoms with Gasteiger partial charge in [-0.3, -0.25) is 4.90 Å². The van der Waals surface area contributed by atoms with E-state index in [4.69, 9.17) is 4.74 Å². The van der Waals surface area contributed by atoms with Crippen LogP contribution in [0.4, 0.5) is 0 Å². The summed E-state index contributed by atoms with van der Waals surface area (Å²) in [5.41, 5.74) is 0. The first kappa shape index (κ1) is 14.3. The van der Waals surface area contributed by atoms with Crippen LogP contribution in [0, 0.1) is 5.92 Å². The second kappa shape index (κ2) is 8.13. The average Bonchev–Trinajstić information content (AvgIpc) is 2.45. The monoisotopic (exact) mass is 254 g/mol. The van der Waals surface area contributed by atoms with Crippen molar-refractivity contribution in [2.75, 3.05) is 39.4 Å². The minimum Gasteiger partial charge on any atom is -0.381 e. The van der Waals surface area contributed by atoms with Crippen LogP contribution in [0.3, 0.4) is 0 Å². The van der Waals surface area contributed by atoms with E-state index in [1.54, 1.807) is 0 Å². The van der Waals surface area contributed by atoms with Gasteiger partial charge in [-0.2, -0.15) is 0 Å². The molecule has 1 atom stereocenters. The summed E-state index contributed by atoms with van der Waals surface area (Å²) in [6.07, 6.45) is 8.09. The number of hydrogen-bond donors (Lipinski definition) is 1. The number of piperazine rings is 1. The smallest absolute Gasteiger partial charge is 0.0468 e. The van der Waals surface area contributed by atoms with Crippen LogP contribution in [0.1, 0.15) is 45.4 Å². The van der Waals surface area contributed by atoms with Crippen molar-refractivity contribution in [3.8, 4) is 0 Å². The lowest BCUT2D eigenvalue weighted by atomic mass is 9.94. The molecule has 0 amide bonds. The molecule has 3 heteroatoms. The first-order chi connectivity index (χ1) is 8.90. The van der Waals surface area contributed by atoms with Gasteiger partial charge in [-0.1, -0.05) is 19.8 Å². The highest BCUT2D eigenvalue weighted by atomic mass is 16.5. The zero-order valence-electron chi connectivity index (χ0n) is 12.0. The predicted octanol–water partition coefficient (Wildman–Crippen LogP) is 2.27. The molecule has 0 bridgehead atoms. The van der Waals surface area contributed by atoms with E-state index >= 15 is 0 Å². The molecule has 2 rings (SSSR count). The second-order valence-corrected chi connectivity index (χ2v) is 5.85. The van der Waals surface area contributed by atoms with Crippen molar-refractivity contribution >= 4 is 0 Å². The maximum absolute atomic E-state index is 5.41. The van der Waals surface area contributed by atoms with Gasteiger partial charge in [-0.25, -0.2) is 0 Å². The number of ether oxygens (including phenoxy) is 1. The van der Waals surface area contributed by atoms with E-state index in [1.807, 2.05) is 0 Å². The van der Waals surface area contributed by atoms with Crippen molar-refractivity contribution in [3.05, 3.63) is 0 Å². The minimum absolute atomic E-state index is 0.779. The molecular formula is C15H30N2O. The van der Waals surface area contributed by atoms with E-state index in [0.29, 0.717) is 0 Å². The summed E-state index contributed by atoms with van der Waals surface area (Å²) in [7, 11) is 0. The Morgan fingerprint density at radius 2 is 2.06 bits per heavy atom. The van der Waals surface area contributed by atoms with Gasteiger partial charge < -0.3 is 10.1 Å². The summed E-state index contributed by atoms with van der Waals surface area (Å²) in [4.78, 5) is 2.69. The summed E-state index contributed by atoms with van der Waals surface area (Å²) in [5.74, 6) is 0.948. The third kappa shape index (κ3) is 4.52. The molecule has 2 fully saturated rings. The quantitative estimate of drug-likeness (QED) is 0.736. The van der Waals surface area contributed by atoms with Crippen LogP contribution in [-0.4, -0.2) is 50.3 Å². The van der Waals surface area contributed by atoms with Crippen LogP contribution in [0.15, 0.2) is 0 Å². The van der Waals surface area contributed by atoms with Gasteiger partial charge >= 0.3 is 0 Å². The molecule has 3 nitrogen and oxygen atoms in total. The Morgan fingerprint density at radius 1 is 1.22 bits per heavy atom. The molecule has 18 heavy (non-hydrogen) atoms.